The van der Waals surface area contributed by atoms with Crippen LogP contribution in [0.5, 0.6) is 0 Å². The number of pyridine rings is 1. The number of imidazole rings is 1. The highest BCUT2D eigenvalue weighted by atomic mass is 16.2. The van der Waals surface area contributed by atoms with Gasteiger partial charge in [0, 0.05) is 23.3 Å². The fourth-order valence-electron chi connectivity index (χ4n) is 3.60. The molecule has 0 spiro atoms. The van der Waals surface area contributed by atoms with Crippen LogP contribution in [0.2, 0.25) is 0 Å². The summed E-state index contributed by atoms with van der Waals surface area (Å²) in [6.07, 6.45) is 3.40. The Morgan fingerprint density at radius 1 is 1.06 bits per heavy atom. The molecular weight excluding hydrogens is 406 g/mol. The standard InChI is InChI=1S/C23H17N7O2/c24-16(12-31)21(13-4-2-1-3-5-13)28-23(32)22-26-18-10-15-17(11-19(18)27-22)29-30-20(15)14-6-8-25-9-7-14/h1-11,21H,24H2,(H,26,27)(H,28,32)(H,29,30)/t21-/m0/s1. The third-order valence-corrected chi connectivity index (χ3v) is 5.17. The van der Waals surface area contributed by atoms with Crippen LogP contribution in [-0.2, 0) is 4.79 Å². The molecule has 1 atom stereocenters. The average Bonchev–Trinajstić information content (AvgIpc) is 3.45. The molecule has 1 amide bonds. The van der Waals surface area contributed by atoms with Crippen molar-refractivity contribution in [1.82, 2.24) is 30.5 Å². The van der Waals surface area contributed by atoms with E-state index in [0.29, 0.717) is 16.6 Å². The second-order valence-corrected chi connectivity index (χ2v) is 7.18. The van der Waals surface area contributed by atoms with Gasteiger partial charge in [-0.25, -0.2) is 9.78 Å². The number of aromatic nitrogens is 5. The summed E-state index contributed by atoms with van der Waals surface area (Å²) < 4.78 is 0. The maximum Gasteiger partial charge on any atom is 0.287 e. The van der Waals surface area contributed by atoms with Gasteiger partial charge in [-0.15, -0.1) is 0 Å². The molecule has 0 unspecified atom stereocenters. The summed E-state index contributed by atoms with van der Waals surface area (Å²) in [5, 5.41) is 11.0. The average molecular weight is 423 g/mol. The van der Waals surface area contributed by atoms with Crippen LogP contribution < -0.4 is 11.1 Å². The first-order valence-electron chi connectivity index (χ1n) is 9.78. The monoisotopic (exact) mass is 423 g/mol. The maximum absolute atomic E-state index is 12.9. The lowest BCUT2D eigenvalue weighted by Gasteiger charge is -2.16. The van der Waals surface area contributed by atoms with Gasteiger partial charge in [0.05, 0.1) is 16.6 Å². The second kappa shape index (κ2) is 7.82. The lowest BCUT2D eigenvalue weighted by molar-refractivity contribution is 0.0933. The lowest BCUT2D eigenvalue weighted by Crippen LogP contribution is -2.33. The van der Waals surface area contributed by atoms with Crippen molar-refractivity contribution in [2.75, 3.05) is 0 Å². The van der Waals surface area contributed by atoms with E-state index < -0.39 is 11.9 Å². The molecule has 0 aliphatic rings. The van der Waals surface area contributed by atoms with E-state index in [1.165, 1.54) is 0 Å². The summed E-state index contributed by atoms with van der Waals surface area (Å²) in [5.74, 6) is 1.28. The van der Waals surface area contributed by atoms with Crippen molar-refractivity contribution >= 4 is 33.8 Å². The molecule has 0 saturated carbocycles. The van der Waals surface area contributed by atoms with Gasteiger partial charge in [0.1, 0.15) is 23.4 Å². The van der Waals surface area contributed by atoms with Gasteiger partial charge in [-0.05, 0) is 29.8 Å². The molecule has 5 aromatic rings. The van der Waals surface area contributed by atoms with E-state index in [9.17, 15) is 9.59 Å². The zero-order valence-corrected chi connectivity index (χ0v) is 16.7. The zero-order chi connectivity index (χ0) is 22.1. The summed E-state index contributed by atoms with van der Waals surface area (Å²) in [6, 6.07) is 15.6. The highest BCUT2D eigenvalue weighted by Crippen LogP contribution is 2.29. The molecule has 3 aromatic heterocycles. The summed E-state index contributed by atoms with van der Waals surface area (Å²) in [4.78, 5) is 35.6. The molecule has 0 saturated heterocycles. The molecule has 5 N–H and O–H groups in total. The molecule has 32 heavy (non-hydrogen) atoms. The Bertz CT molecular complexity index is 1480. The number of amides is 1. The molecule has 3 heterocycles. The Balaban J connectivity index is 1.50. The van der Waals surface area contributed by atoms with Gasteiger partial charge >= 0.3 is 0 Å². The summed E-state index contributed by atoms with van der Waals surface area (Å²) >= 11 is 0. The van der Waals surface area contributed by atoms with Crippen molar-refractivity contribution in [3.05, 3.63) is 84.1 Å². The number of nitrogens with one attached hydrogen (secondary N) is 3. The van der Waals surface area contributed by atoms with Crippen LogP contribution in [0.25, 0.3) is 33.2 Å². The molecule has 5 rings (SSSR count). The lowest BCUT2D eigenvalue weighted by atomic mass is 10.0. The van der Waals surface area contributed by atoms with E-state index in [4.69, 9.17) is 5.73 Å². The number of rotatable bonds is 5. The molecule has 0 aliphatic carbocycles. The number of benzene rings is 2. The fourth-order valence-corrected chi connectivity index (χ4v) is 3.60. The number of nitrogens with zero attached hydrogens (tertiary/aromatic N) is 3. The molecule has 0 fully saturated rings. The first-order chi connectivity index (χ1) is 15.6. The van der Waals surface area contributed by atoms with Crippen molar-refractivity contribution in [2.24, 2.45) is 5.73 Å². The van der Waals surface area contributed by atoms with E-state index in [0.717, 1.165) is 22.2 Å². The fraction of sp³-hybridized carbons (Fsp3) is 0.0435. The van der Waals surface area contributed by atoms with Crippen molar-refractivity contribution in [3.8, 4) is 11.3 Å². The molecule has 156 valence electrons. The minimum absolute atomic E-state index is 0.103. The highest BCUT2D eigenvalue weighted by Gasteiger charge is 2.21. The topological polar surface area (TPSA) is 142 Å². The van der Waals surface area contributed by atoms with Crippen molar-refractivity contribution in [2.45, 2.75) is 6.04 Å². The van der Waals surface area contributed by atoms with Gasteiger partial charge in [-0.3, -0.25) is 14.9 Å². The van der Waals surface area contributed by atoms with E-state index in [-0.39, 0.29) is 11.5 Å². The van der Waals surface area contributed by atoms with E-state index in [1.807, 2.05) is 30.3 Å². The molecule has 2 aromatic carbocycles. The maximum atomic E-state index is 12.9. The van der Waals surface area contributed by atoms with Crippen LogP contribution in [0.1, 0.15) is 22.2 Å². The minimum atomic E-state index is -0.813. The Kier molecular flexibility index (Phi) is 4.70. The number of fused-ring (bicyclic) bond motifs is 2. The highest BCUT2D eigenvalue weighted by molar-refractivity contribution is 6.02. The van der Waals surface area contributed by atoms with Crippen LogP contribution in [-0.4, -0.2) is 37.0 Å². The molecule has 9 nitrogen and oxygen atoms in total. The van der Waals surface area contributed by atoms with Crippen LogP contribution in [0.4, 0.5) is 0 Å². The third-order valence-electron chi connectivity index (χ3n) is 5.17. The van der Waals surface area contributed by atoms with Gasteiger partial charge < -0.3 is 16.0 Å². The van der Waals surface area contributed by atoms with Gasteiger partial charge in [0.2, 0.25) is 0 Å². The van der Waals surface area contributed by atoms with Crippen LogP contribution >= 0.6 is 0 Å². The van der Waals surface area contributed by atoms with E-state index in [1.54, 1.807) is 42.6 Å². The van der Waals surface area contributed by atoms with Crippen LogP contribution in [0.15, 0.2) is 72.7 Å². The SMILES string of the molecule is NC(=C=O)[C@@H](NC(=O)c1nc2cc3c(-c4ccncc4)n[nH]c3cc2[nH]1)c1ccccc1. The van der Waals surface area contributed by atoms with E-state index >= 15 is 0 Å². The Hall–Kier alpha value is -4.75. The van der Waals surface area contributed by atoms with Gasteiger partial charge in [0.25, 0.3) is 5.91 Å². The largest absolute Gasteiger partial charge is 0.391 e. The zero-order valence-electron chi connectivity index (χ0n) is 16.7. The minimum Gasteiger partial charge on any atom is -0.391 e. The Morgan fingerprint density at radius 3 is 2.59 bits per heavy atom. The smallest absolute Gasteiger partial charge is 0.287 e. The Morgan fingerprint density at radius 2 is 1.84 bits per heavy atom. The van der Waals surface area contributed by atoms with Crippen molar-refractivity contribution < 1.29 is 9.59 Å². The van der Waals surface area contributed by atoms with Gasteiger partial charge in [0.15, 0.2) is 5.82 Å². The van der Waals surface area contributed by atoms with Crippen LogP contribution in [0.3, 0.4) is 0 Å². The summed E-state index contributed by atoms with van der Waals surface area (Å²) in [5.41, 5.74) is 10.1. The van der Waals surface area contributed by atoms with Crippen LogP contribution in [0, 0.1) is 0 Å². The number of hydrogen-bond donors (Lipinski definition) is 4. The molecule has 0 bridgehead atoms. The van der Waals surface area contributed by atoms with Crippen molar-refractivity contribution in [3.63, 3.8) is 0 Å². The summed E-state index contributed by atoms with van der Waals surface area (Å²) in [7, 11) is 0. The Labute approximate surface area is 181 Å². The molecule has 0 radical (unpaired) electrons. The number of carbonyl (C=O) groups excluding carboxylic acids is 2. The van der Waals surface area contributed by atoms with Gasteiger partial charge in [-0.1, -0.05) is 30.3 Å². The quantitative estimate of drug-likeness (QED) is 0.320. The third kappa shape index (κ3) is 3.38. The first-order valence-corrected chi connectivity index (χ1v) is 9.78. The number of nitrogens with two attached hydrogens (primary N) is 1. The molecule has 0 aliphatic heterocycles. The predicted molar refractivity (Wildman–Crippen MR) is 119 cm³/mol. The summed E-state index contributed by atoms with van der Waals surface area (Å²) in [6.45, 7) is 0. The van der Waals surface area contributed by atoms with E-state index in [2.05, 4.69) is 30.5 Å². The van der Waals surface area contributed by atoms with Crippen molar-refractivity contribution in [1.29, 1.82) is 0 Å². The predicted octanol–water partition coefficient (Wildman–Crippen LogP) is 2.65. The van der Waals surface area contributed by atoms with Gasteiger partial charge in [-0.2, -0.15) is 5.10 Å². The first kappa shape index (κ1) is 19.2. The number of hydrogen-bond acceptors (Lipinski definition) is 6. The molecular formula is C23H17N7O2. The molecule has 9 heteroatoms. The normalized spacial score (nSPS) is 11.9. The second-order valence-electron chi connectivity index (χ2n) is 7.18. The number of aromatic amines is 2. The number of carbonyl (C=O) groups is 1. The number of H-pyrrole nitrogens is 2.